The monoisotopic (exact) mass is 778 g/mol. The molecule has 274 valence electrons. The van der Waals surface area contributed by atoms with Gasteiger partial charge in [-0.2, -0.15) is 0 Å². The molecule has 12 aromatic rings. The first-order valence-corrected chi connectivity index (χ1v) is 21.7. The SMILES string of the molecule is CC(C)(C)c1ccc(Nc2cc3sc4ccccc4c3cc2-c2ccc3c4cc5sc6ccccc6c5cc4n4c3c2Bc2cc3c(cc2-4)oc2ccccc23)cc1. The molecule has 0 saturated carbocycles. The topological polar surface area (TPSA) is 30.1 Å². The van der Waals surface area contributed by atoms with E-state index in [1.54, 1.807) is 0 Å². The maximum absolute atomic E-state index is 6.55. The maximum atomic E-state index is 6.55. The Hall–Kier alpha value is -6.34. The lowest BCUT2D eigenvalue weighted by atomic mass is 9.59. The highest BCUT2D eigenvalue weighted by molar-refractivity contribution is 7.26. The van der Waals surface area contributed by atoms with Crippen LogP contribution < -0.4 is 16.2 Å². The van der Waals surface area contributed by atoms with Gasteiger partial charge in [0.15, 0.2) is 7.28 Å². The lowest BCUT2D eigenvalue weighted by Gasteiger charge is -2.24. The normalized spacial score (nSPS) is 12.9. The number of thiophene rings is 2. The first kappa shape index (κ1) is 32.7. The third-order valence-corrected chi connectivity index (χ3v) is 14.8. The number of furan rings is 1. The molecule has 0 radical (unpaired) electrons. The van der Waals surface area contributed by atoms with Crippen LogP contribution in [0.25, 0.3) is 101 Å². The van der Waals surface area contributed by atoms with E-state index in [0.717, 1.165) is 35.2 Å². The number of nitrogens with zero attached hydrogens (tertiary/aromatic N) is 1. The minimum Gasteiger partial charge on any atom is -0.456 e. The third-order valence-electron chi connectivity index (χ3n) is 12.6. The van der Waals surface area contributed by atoms with E-state index >= 15 is 0 Å². The molecular formula is C52H35BN2OS2. The van der Waals surface area contributed by atoms with Crippen LogP contribution >= 0.6 is 22.7 Å². The summed E-state index contributed by atoms with van der Waals surface area (Å²) in [6.07, 6.45) is 0. The number of rotatable bonds is 3. The highest BCUT2D eigenvalue weighted by Crippen LogP contribution is 2.45. The fourth-order valence-corrected chi connectivity index (χ4v) is 12.0. The Morgan fingerprint density at radius 3 is 1.98 bits per heavy atom. The molecular weight excluding hydrogens is 744 g/mol. The Labute approximate surface area is 343 Å². The van der Waals surface area contributed by atoms with Crippen LogP contribution in [0.5, 0.6) is 0 Å². The number of hydrogen-bond donors (Lipinski definition) is 1. The summed E-state index contributed by atoms with van der Waals surface area (Å²) < 4.78 is 14.3. The zero-order chi connectivity index (χ0) is 38.4. The van der Waals surface area contributed by atoms with Crippen molar-refractivity contribution in [2.24, 2.45) is 0 Å². The fraction of sp³-hybridized carbons (Fsp3) is 0.0769. The summed E-state index contributed by atoms with van der Waals surface area (Å²) in [6, 6.07) is 54.3. The molecule has 1 aliphatic heterocycles. The molecule has 6 heteroatoms. The van der Waals surface area contributed by atoms with Crippen LogP contribution in [0, 0.1) is 0 Å². The van der Waals surface area contributed by atoms with Crippen molar-refractivity contribution in [3.63, 3.8) is 0 Å². The summed E-state index contributed by atoms with van der Waals surface area (Å²) in [5.74, 6) is 0. The van der Waals surface area contributed by atoms with Crippen LogP contribution in [-0.4, -0.2) is 11.8 Å². The fourth-order valence-electron chi connectivity index (χ4n) is 9.72. The molecule has 3 nitrogen and oxygen atoms in total. The van der Waals surface area contributed by atoms with Crippen molar-refractivity contribution in [1.82, 2.24) is 4.57 Å². The molecule has 4 aromatic heterocycles. The van der Waals surface area contributed by atoms with Gasteiger partial charge in [-0.3, -0.25) is 0 Å². The zero-order valence-corrected chi connectivity index (χ0v) is 33.9. The molecule has 0 amide bonds. The van der Waals surface area contributed by atoms with Crippen LogP contribution in [0.3, 0.4) is 0 Å². The Morgan fingerprint density at radius 1 is 0.534 bits per heavy atom. The van der Waals surface area contributed by atoms with Gasteiger partial charge in [-0.1, -0.05) is 111 Å². The lowest BCUT2D eigenvalue weighted by Crippen LogP contribution is -2.37. The molecule has 58 heavy (non-hydrogen) atoms. The zero-order valence-electron chi connectivity index (χ0n) is 32.2. The van der Waals surface area contributed by atoms with E-state index in [-0.39, 0.29) is 5.41 Å². The van der Waals surface area contributed by atoms with Crippen LogP contribution in [0.4, 0.5) is 11.4 Å². The summed E-state index contributed by atoms with van der Waals surface area (Å²) in [4.78, 5) is 0. The Bertz CT molecular complexity index is 3720. The van der Waals surface area contributed by atoms with Gasteiger partial charge >= 0.3 is 0 Å². The molecule has 1 aliphatic rings. The molecule has 0 atom stereocenters. The van der Waals surface area contributed by atoms with Crippen LogP contribution in [-0.2, 0) is 5.41 Å². The average Bonchev–Trinajstić information content (AvgIpc) is 3.98. The number of para-hydroxylation sites is 1. The van der Waals surface area contributed by atoms with Crippen molar-refractivity contribution < 1.29 is 4.42 Å². The van der Waals surface area contributed by atoms with Crippen molar-refractivity contribution in [3.05, 3.63) is 151 Å². The predicted molar refractivity (Wildman–Crippen MR) is 254 cm³/mol. The quantitative estimate of drug-likeness (QED) is 0.181. The second-order valence-corrected chi connectivity index (χ2v) is 19.2. The standard InChI is InChI=1S/C52H35BN2OS2/c1-52(2,3)28-16-18-29(19-17-28)54-41-26-49-38(31-11-5-8-14-46(31)58-49)22-35(41)33-20-21-34-36-25-48-39(32-12-6-9-15-47(32)57-48)24-42(36)55-43-27-45-37(23-40(43)53-50(33)51(34)55)30-10-4-7-13-44(30)56-45/h4-27,53-54H,1-3H3. The van der Waals surface area contributed by atoms with E-state index < -0.39 is 0 Å². The van der Waals surface area contributed by atoms with Crippen molar-refractivity contribution >= 4 is 136 Å². The van der Waals surface area contributed by atoms with Crippen molar-refractivity contribution in [2.45, 2.75) is 26.2 Å². The van der Waals surface area contributed by atoms with E-state index in [0.29, 0.717) is 0 Å². The molecule has 0 bridgehead atoms. The number of aromatic nitrogens is 1. The molecule has 0 fully saturated rings. The molecule has 0 spiro atoms. The number of hydrogen-bond acceptors (Lipinski definition) is 4. The molecule has 8 aromatic carbocycles. The molecule has 0 unspecified atom stereocenters. The molecule has 0 saturated heterocycles. The number of nitrogens with one attached hydrogen (secondary N) is 1. The van der Waals surface area contributed by atoms with Crippen molar-refractivity contribution in [2.75, 3.05) is 5.32 Å². The van der Waals surface area contributed by atoms with Gasteiger partial charge in [0.2, 0.25) is 0 Å². The Kier molecular flexibility index (Phi) is 6.56. The Morgan fingerprint density at radius 2 is 1.22 bits per heavy atom. The number of fused-ring (bicyclic) bond motifs is 14. The average molecular weight is 779 g/mol. The van der Waals surface area contributed by atoms with Crippen molar-refractivity contribution in [3.8, 4) is 16.8 Å². The highest BCUT2D eigenvalue weighted by Gasteiger charge is 2.29. The second kappa shape index (κ2) is 11.6. The van der Waals surface area contributed by atoms with Gasteiger partial charge < -0.3 is 14.3 Å². The first-order chi connectivity index (χ1) is 28.3. The minimum atomic E-state index is 0.0863. The highest BCUT2D eigenvalue weighted by atomic mass is 32.1. The summed E-state index contributed by atoms with van der Waals surface area (Å²) >= 11 is 3.76. The Balaban J connectivity index is 1.12. The number of anilines is 2. The smallest absolute Gasteiger partial charge is 0.198 e. The van der Waals surface area contributed by atoms with Crippen LogP contribution in [0.15, 0.2) is 150 Å². The van der Waals surface area contributed by atoms with Gasteiger partial charge in [0.05, 0.1) is 5.52 Å². The maximum Gasteiger partial charge on any atom is 0.198 e. The van der Waals surface area contributed by atoms with E-state index in [1.165, 1.54) is 101 Å². The van der Waals surface area contributed by atoms with Crippen LogP contribution in [0.1, 0.15) is 26.3 Å². The second-order valence-electron chi connectivity index (χ2n) is 17.0. The van der Waals surface area contributed by atoms with E-state index in [4.69, 9.17) is 4.42 Å². The predicted octanol–water partition coefficient (Wildman–Crippen LogP) is 13.8. The van der Waals surface area contributed by atoms with Gasteiger partial charge in [0.25, 0.3) is 0 Å². The summed E-state index contributed by atoms with van der Waals surface area (Å²) in [7, 11) is 0.813. The molecule has 13 rings (SSSR count). The van der Waals surface area contributed by atoms with Gasteiger partial charge in [-0.15, -0.1) is 22.7 Å². The summed E-state index contributed by atoms with van der Waals surface area (Å²) in [5, 5.41) is 14.1. The van der Waals surface area contributed by atoms with Crippen molar-refractivity contribution in [1.29, 1.82) is 0 Å². The van der Waals surface area contributed by atoms with Gasteiger partial charge in [0.1, 0.15) is 11.2 Å². The van der Waals surface area contributed by atoms with E-state index in [2.05, 4.69) is 176 Å². The van der Waals surface area contributed by atoms with Gasteiger partial charge in [-0.05, 0) is 76.6 Å². The number of benzene rings is 8. The first-order valence-electron chi connectivity index (χ1n) is 20.0. The largest absolute Gasteiger partial charge is 0.456 e. The molecule has 5 heterocycles. The van der Waals surface area contributed by atoms with E-state index in [1.807, 2.05) is 22.7 Å². The molecule has 0 aliphatic carbocycles. The lowest BCUT2D eigenvalue weighted by molar-refractivity contribution is 0.590. The third kappa shape index (κ3) is 4.61. The summed E-state index contributed by atoms with van der Waals surface area (Å²) in [5.41, 5.74) is 14.3. The summed E-state index contributed by atoms with van der Waals surface area (Å²) in [6.45, 7) is 6.81. The van der Waals surface area contributed by atoms with Crippen LogP contribution in [0.2, 0.25) is 0 Å². The van der Waals surface area contributed by atoms with Gasteiger partial charge in [0, 0.05) is 96.1 Å². The van der Waals surface area contributed by atoms with Gasteiger partial charge in [-0.25, -0.2) is 0 Å². The van der Waals surface area contributed by atoms with E-state index in [9.17, 15) is 0 Å². The minimum absolute atomic E-state index is 0.0863. The molecule has 1 N–H and O–H groups in total.